The quantitative estimate of drug-likeness (QED) is 0.750. The van der Waals surface area contributed by atoms with Crippen molar-refractivity contribution in [2.75, 3.05) is 16.8 Å². The van der Waals surface area contributed by atoms with E-state index in [1.165, 1.54) is 17.9 Å². The molecule has 1 aromatic heterocycles. The molecule has 7 nitrogen and oxygen atoms in total. The lowest BCUT2D eigenvalue weighted by Crippen LogP contribution is -2.25. The van der Waals surface area contributed by atoms with Gasteiger partial charge in [-0.1, -0.05) is 23.4 Å². The topological polar surface area (TPSA) is 88.3 Å². The van der Waals surface area contributed by atoms with E-state index in [1.807, 2.05) is 0 Å². The van der Waals surface area contributed by atoms with Crippen LogP contribution >= 0.6 is 0 Å². The number of hydrogen-bond acceptors (Lipinski definition) is 5. The summed E-state index contributed by atoms with van der Waals surface area (Å²) >= 11 is 0. The van der Waals surface area contributed by atoms with E-state index in [9.17, 15) is 14.0 Å². The van der Waals surface area contributed by atoms with Crippen LogP contribution in [0.4, 0.5) is 15.8 Å². The molecular formula is C20H17FN4O3. The third-order valence-electron chi connectivity index (χ3n) is 4.51. The number of halogens is 1. The van der Waals surface area contributed by atoms with Crippen molar-refractivity contribution in [1.29, 1.82) is 0 Å². The molecule has 1 saturated heterocycles. The van der Waals surface area contributed by atoms with Crippen molar-refractivity contribution in [3.05, 3.63) is 60.2 Å². The molecule has 0 unspecified atom stereocenters. The predicted molar refractivity (Wildman–Crippen MR) is 100 cm³/mol. The molecular weight excluding hydrogens is 363 g/mol. The standard InChI is InChI=1S/C20H17FN4O3/c1-12(26)22-15-6-4-5-13(9-15)20-23-19(24-28-20)14-10-18(27)25(11-14)17-8-3-2-7-16(17)21/h2-9,14H,10-11H2,1H3,(H,22,26)/t14-/m1/s1. The van der Waals surface area contributed by atoms with Crippen LogP contribution in [0.25, 0.3) is 11.5 Å². The van der Waals surface area contributed by atoms with Crippen LogP contribution in [0.2, 0.25) is 0 Å². The Hall–Kier alpha value is -3.55. The minimum absolute atomic E-state index is 0.180. The van der Waals surface area contributed by atoms with Gasteiger partial charge in [0.15, 0.2) is 5.82 Å². The van der Waals surface area contributed by atoms with Gasteiger partial charge in [0.1, 0.15) is 5.82 Å². The molecule has 0 bridgehead atoms. The van der Waals surface area contributed by atoms with Crippen LogP contribution in [0.3, 0.4) is 0 Å². The lowest BCUT2D eigenvalue weighted by molar-refractivity contribution is -0.117. The lowest BCUT2D eigenvalue weighted by atomic mass is 10.1. The Morgan fingerprint density at radius 2 is 2.07 bits per heavy atom. The molecule has 3 aromatic rings. The Labute approximate surface area is 160 Å². The first kappa shape index (κ1) is 17.8. The minimum Gasteiger partial charge on any atom is -0.334 e. The van der Waals surface area contributed by atoms with E-state index >= 15 is 0 Å². The van der Waals surface area contributed by atoms with Crippen molar-refractivity contribution < 1.29 is 18.5 Å². The van der Waals surface area contributed by atoms with Crippen molar-refractivity contribution in [1.82, 2.24) is 10.1 Å². The van der Waals surface area contributed by atoms with E-state index < -0.39 is 5.82 Å². The number of carbonyl (C=O) groups is 2. The molecule has 0 saturated carbocycles. The second-order valence-corrected chi connectivity index (χ2v) is 6.58. The van der Waals surface area contributed by atoms with Crippen molar-refractivity contribution in [3.8, 4) is 11.5 Å². The van der Waals surface area contributed by atoms with E-state index in [4.69, 9.17) is 4.52 Å². The van der Waals surface area contributed by atoms with Crippen LogP contribution in [-0.2, 0) is 9.59 Å². The highest BCUT2D eigenvalue weighted by atomic mass is 19.1. The Balaban J connectivity index is 1.55. The highest BCUT2D eigenvalue weighted by molar-refractivity contribution is 5.96. The molecule has 0 aliphatic carbocycles. The molecule has 0 radical (unpaired) electrons. The molecule has 28 heavy (non-hydrogen) atoms. The van der Waals surface area contributed by atoms with E-state index in [1.54, 1.807) is 42.5 Å². The molecule has 1 N–H and O–H groups in total. The smallest absolute Gasteiger partial charge is 0.258 e. The lowest BCUT2D eigenvalue weighted by Gasteiger charge is -2.16. The number of para-hydroxylation sites is 1. The van der Waals surface area contributed by atoms with Crippen LogP contribution in [-0.4, -0.2) is 28.5 Å². The first-order valence-corrected chi connectivity index (χ1v) is 8.78. The van der Waals surface area contributed by atoms with Gasteiger partial charge in [0.25, 0.3) is 5.89 Å². The fourth-order valence-electron chi connectivity index (χ4n) is 3.24. The molecule has 0 spiro atoms. The Bertz CT molecular complexity index is 1050. The van der Waals surface area contributed by atoms with Gasteiger partial charge in [-0.3, -0.25) is 9.59 Å². The first-order chi connectivity index (χ1) is 13.5. The zero-order chi connectivity index (χ0) is 19.7. The van der Waals surface area contributed by atoms with Crippen molar-refractivity contribution in [2.24, 2.45) is 0 Å². The first-order valence-electron chi connectivity index (χ1n) is 8.78. The Kier molecular flexibility index (Phi) is 4.60. The summed E-state index contributed by atoms with van der Waals surface area (Å²) in [6, 6.07) is 13.2. The van der Waals surface area contributed by atoms with E-state index in [2.05, 4.69) is 15.5 Å². The number of amides is 2. The number of nitrogens with one attached hydrogen (secondary N) is 1. The van der Waals surface area contributed by atoms with E-state index in [0.717, 1.165) is 0 Å². The summed E-state index contributed by atoms with van der Waals surface area (Å²) in [7, 11) is 0. The minimum atomic E-state index is -0.444. The van der Waals surface area contributed by atoms with Crippen LogP contribution in [0, 0.1) is 5.82 Å². The summed E-state index contributed by atoms with van der Waals surface area (Å²) in [5.41, 5.74) is 1.52. The molecule has 142 valence electrons. The van der Waals surface area contributed by atoms with Crippen LogP contribution in [0.1, 0.15) is 25.1 Å². The fourth-order valence-corrected chi connectivity index (χ4v) is 3.24. The van der Waals surface area contributed by atoms with E-state index in [-0.39, 0.29) is 36.4 Å². The number of rotatable bonds is 4. The third kappa shape index (κ3) is 3.48. The van der Waals surface area contributed by atoms with Gasteiger partial charge in [-0.25, -0.2) is 4.39 Å². The molecule has 1 aliphatic heterocycles. The fraction of sp³-hybridized carbons (Fsp3) is 0.200. The molecule has 2 amide bonds. The summed E-state index contributed by atoms with van der Waals surface area (Å²) in [5.74, 6) is -0.412. The number of nitrogens with zero attached hydrogens (tertiary/aromatic N) is 3. The SMILES string of the molecule is CC(=O)Nc1cccc(-c2nc([C@@H]3CC(=O)N(c4ccccc4F)C3)no2)c1. The van der Waals surface area contributed by atoms with Crippen molar-refractivity contribution >= 4 is 23.2 Å². The maximum Gasteiger partial charge on any atom is 0.258 e. The summed E-state index contributed by atoms with van der Waals surface area (Å²) in [6.07, 6.45) is 0.180. The molecule has 2 aromatic carbocycles. The van der Waals surface area contributed by atoms with E-state index in [0.29, 0.717) is 23.0 Å². The molecule has 2 heterocycles. The molecule has 8 heteroatoms. The Morgan fingerprint density at radius 3 is 2.86 bits per heavy atom. The number of hydrogen-bond donors (Lipinski definition) is 1. The number of benzene rings is 2. The number of anilines is 2. The maximum atomic E-state index is 14.0. The number of carbonyl (C=O) groups excluding carboxylic acids is 2. The van der Waals surface area contributed by atoms with Gasteiger partial charge in [0, 0.05) is 37.1 Å². The van der Waals surface area contributed by atoms with Gasteiger partial charge in [0.05, 0.1) is 5.69 Å². The normalized spacial score (nSPS) is 16.4. The highest BCUT2D eigenvalue weighted by Gasteiger charge is 2.35. The highest BCUT2D eigenvalue weighted by Crippen LogP contribution is 2.32. The van der Waals surface area contributed by atoms with Crippen LogP contribution in [0.5, 0.6) is 0 Å². The number of aromatic nitrogens is 2. The van der Waals surface area contributed by atoms with Gasteiger partial charge in [-0.05, 0) is 30.3 Å². The third-order valence-corrected chi connectivity index (χ3v) is 4.51. The largest absolute Gasteiger partial charge is 0.334 e. The van der Waals surface area contributed by atoms with Crippen molar-refractivity contribution in [3.63, 3.8) is 0 Å². The van der Waals surface area contributed by atoms with Gasteiger partial charge < -0.3 is 14.7 Å². The van der Waals surface area contributed by atoms with Gasteiger partial charge in [-0.15, -0.1) is 0 Å². The monoisotopic (exact) mass is 380 g/mol. The zero-order valence-corrected chi connectivity index (χ0v) is 15.1. The molecule has 1 atom stereocenters. The van der Waals surface area contributed by atoms with Crippen LogP contribution < -0.4 is 10.2 Å². The molecule has 1 aliphatic rings. The summed E-state index contributed by atoms with van der Waals surface area (Å²) < 4.78 is 19.4. The molecule has 1 fully saturated rings. The van der Waals surface area contributed by atoms with Crippen molar-refractivity contribution in [2.45, 2.75) is 19.3 Å². The van der Waals surface area contributed by atoms with Gasteiger partial charge in [0.2, 0.25) is 11.8 Å². The second-order valence-electron chi connectivity index (χ2n) is 6.58. The second kappa shape index (κ2) is 7.22. The van der Waals surface area contributed by atoms with Crippen LogP contribution in [0.15, 0.2) is 53.1 Å². The summed E-state index contributed by atoms with van der Waals surface area (Å²) in [5, 5.41) is 6.70. The predicted octanol–water partition coefficient (Wildman–Crippen LogP) is 3.35. The van der Waals surface area contributed by atoms with Gasteiger partial charge in [-0.2, -0.15) is 4.98 Å². The average Bonchev–Trinajstić information content (AvgIpc) is 3.29. The zero-order valence-electron chi connectivity index (χ0n) is 15.1. The summed E-state index contributed by atoms with van der Waals surface area (Å²) in [6.45, 7) is 1.71. The molecule has 4 rings (SSSR count). The summed E-state index contributed by atoms with van der Waals surface area (Å²) in [4.78, 5) is 29.4. The average molecular weight is 380 g/mol. The Morgan fingerprint density at radius 1 is 1.25 bits per heavy atom. The maximum absolute atomic E-state index is 14.0. The van der Waals surface area contributed by atoms with Gasteiger partial charge >= 0.3 is 0 Å².